The van der Waals surface area contributed by atoms with E-state index in [1.54, 1.807) is 21.3 Å². The fourth-order valence-electron chi connectivity index (χ4n) is 3.95. The number of hydrogen-bond acceptors (Lipinski definition) is 5. The molecule has 1 N–H and O–H groups in total. The predicted molar refractivity (Wildman–Crippen MR) is 123 cm³/mol. The molecule has 0 aromatic heterocycles. The SMILES string of the molecule is COc1cc(N2CCN(C(=O)Nc3cccc4ccccc34)CC2)cc(OC)c1OC. The van der Waals surface area contributed by atoms with Crippen molar-refractivity contribution < 1.29 is 19.0 Å². The van der Waals surface area contributed by atoms with E-state index < -0.39 is 0 Å². The van der Waals surface area contributed by atoms with Gasteiger partial charge in [0.2, 0.25) is 5.75 Å². The number of anilines is 2. The van der Waals surface area contributed by atoms with Crippen LogP contribution in [-0.4, -0.2) is 58.4 Å². The molecule has 162 valence electrons. The highest BCUT2D eigenvalue weighted by Gasteiger charge is 2.24. The lowest BCUT2D eigenvalue weighted by molar-refractivity contribution is 0.208. The molecule has 1 heterocycles. The minimum Gasteiger partial charge on any atom is -0.493 e. The van der Waals surface area contributed by atoms with Gasteiger partial charge in [-0.3, -0.25) is 0 Å². The first-order chi connectivity index (χ1) is 15.1. The molecule has 7 heteroatoms. The van der Waals surface area contributed by atoms with Gasteiger partial charge in [-0.1, -0.05) is 36.4 Å². The maximum absolute atomic E-state index is 12.9. The van der Waals surface area contributed by atoms with Crippen LogP contribution in [0, 0.1) is 0 Å². The van der Waals surface area contributed by atoms with Crippen molar-refractivity contribution in [3.63, 3.8) is 0 Å². The highest BCUT2D eigenvalue weighted by Crippen LogP contribution is 2.41. The molecule has 1 saturated heterocycles. The van der Waals surface area contributed by atoms with Crippen molar-refractivity contribution in [2.45, 2.75) is 0 Å². The van der Waals surface area contributed by atoms with Crippen LogP contribution in [0.5, 0.6) is 17.2 Å². The summed E-state index contributed by atoms with van der Waals surface area (Å²) >= 11 is 0. The first kappa shape index (κ1) is 20.7. The largest absolute Gasteiger partial charge is 0.493 e. The Morgan fingerprint density at radius 2 is 1.48 bits per heavy atom. The van der Waals surface area contributed by atoms with Crippen LogP contribution in [0.15, 0.2) is 54.6 Å². The third kappa shape index (κ3) is 4.17. The molecule has 0 saturated carbocycles. The minimum absolute atomic E-state index is 0.0825. The van der Waals surface area contributed by atoms with Gasteiger partial charge in [-0.25, -0.2) is 4.79 Å². The number of piperazine rings is 1. The number of methoxy groups -OCH3 is 3. The van der Waals surface area contributed by atoms with Crippen LogP contribution in [0.1, 0.15) is 0 Å². The lowest BCUT2D eigenvalue weighted by Gasteiger charge is -2.36. The number of amides is 2. The average Bonchev–Trinajstić information content (AvgIpc) is 2.83. The maximum Gasteiger partial charge on any atom is 0.321 e. The average molecular weight is 421 g/mol. The summed E-state index contributed by atoms with van der Waals surface area (Å²) in [4.78, 5) is 16.9. The van der Waals surface area contributed by atoms with Crippen LogP contribution < -0.4 is 24.4 Å². The normalized spacial score (nSPS) is 13.8. The molecule has 31 heavy (non-hydrogen) atoms. The lowest BCUT2D eigenvalue weighted by Crippen LogP contribution is -2.50. The van der Waals surface area contributed by atoms with Gasteiger partial charge in [0.15, 0.2) is 11.5 Å². The molecule has 1 aliphatic rings. The van der Waals surface area contributed by atoms with E-state index in [0.29, 0.717) is 43.4 Å². The van der Waals surface area contributed by atoms with Crippen molar-refractivity contribution in [3.05, 3.63) is 54.6 Å². The van der Waals surface area contributed by atoms with E-state index in [4.69, 9.17) is 14.2 Å². The van der Waals surface area contributed by atoms with Crippen LogP contribution in [0.25, 0.3) is 10.8 Å². The molecule has 7 nitrogen and oxygen atoms in total. The van der Waals surface area contributed by atoms with Crippen molar-refractivity contribution in [3.8, 4) is 17.2 Å². The number of hydrogen-bond donors (Lipinski definition) is 1. The number of benzene rings is 3. The van der Waals surface area contributed by atoms with E-state index in [-0.39, 0.29) is 6.03 Å². The van der Waals surface area contributed by atoms with Gasteiger partial charge >= 0.3 is 6.03 Å². The summed E-state index contributed by atoms with van der Waals surface area (Å²) in [6.07, 6.45) is 0. The van der Waals surface area contributed by atoms with Crippen molar-refractivity contribution >= 4 is 28.2 Å². The van der Waals surface area contributed by atoms with Gasteiger partial charge in [0.05, 0.1) is 27.0 Å². The first-order valence-corrected chi connectivity index (χ1v) is 10.2. The molecule has 0 radical (unpaired) electrons. The van der Waals surface area contributed by atoms with Crippen molar-refractivity contribution in [1.82, 2.24) is 4.90 Å². The fraction of sp³-hybridized carbons (Fsp3) is 0.292. The van der Waals surface area contributed by atoms with Gasteiger partial charge in [-0.15, -0.1) is 0 Å². The van der Waals surface area contributed by atoms with Crippen LogP contribution >= 0.6 is 0 Å². The third-order valence-electron chi connectivity index (χ3n) is 5.61. The molecule has 0 spiro atoms. The number of carbonyl (C=O) groups is 1. The number of rotatable bonds is 5. The molecule has 1 aliphatic heterocycles. The highest BCUT2D eigenvalue weighted by atomic mass is 16.5. The monoisotopic (exact) mass is 421 g/mol. The molecule has 3 aromatic rings. The summed E-state index contributed by atoms with van der Waals surface area (Å²) < 4.78 is 16.3. The number of nitrogens with one attached hydrogen (secondary N) is 1. The topological polar surface area (TPSA) is 63.3 Å². The Hall–Kier alpha value is -3.61. The van der Waals surface area contributed by atoms with Gasteiger partial charge in [0.1, 0.15) is 0 Å². The van der Waals surface area contributed by atoms with Crippen molar-refractivity contribution in [2.75, 3.05) is 57.7 Å². The number of fused-ring (bicyclic) bond motifs is 1. The minimum atomic E-state index is -0.0825. The molecular weight excluding hydrogens is 394 g/mol. The van der Waals surface area contributed by atoms with Crippen LogP contribution in [-0.2, 0) is 0 Å². The molecule has 0 unspecified atom stereocenters. The zero-order chi connectivity index (χ0) is 21.8. The van der Waals surface area contributed by atoms with Gasteiger partial charge < -0.3 is 29.3 Å². The Kier molecular flexibility index (Phi) is 6.02. The lowest BCUT2D eigenvalue weighted by atomic mass is 10.1. The highest BCUT2D eigenvalue weighted by molar-refractivity contribution is 6.01. The number of ether oxygens (including phenoxy) is 3. The Morgan fingerprint density at radius 1 is 0.839 bits per heavy atom. The number of urea groups is 1. The maximum atomic E-state index is 12.9. The Bertz CT molecular complexity index is 1050. The molecule has 0 atom stereocenters. The number of nitrogens with zero attached hydrogens (tertiary/aromatic N) is 2. The summed E-state index contributed by atoms with van der Waals surface area (Å²) in [7, 11) is 4.81. The van der Waals surface area contributed by atoms with Crippen LogP contribution in [0.3, 0.4) is 0 Å². The predicted octanol–water partition coefficient (Wildman–Crippen LogP) is 4.22. The Morgan fingerprint density at radius 3 is 2.13 bits per heavy atom. The van der Waals surface area contributed by atoms with E-state index in [9.17, 15) is 4.79 Å². The van der Waals surface area contributed by atoms with Gasteiger partial charge in [0, 0.05) is 49.4 Å². The summed E-state index contributed by atoms with van der Waals surface area (Å²) in [6.45, 7) is 2.66. The summed E-state index contributed by atoms with van der Waals surface area (Å²) in [5, 5.41) is 5.21. The van der Waals surface area contributed by atoms with E-state index in [0.717, 1.165) is 22.1 Å². The summed E-state index contributed by atoms with van der Waals surface area (Å²) in [5.74, 6) is 1.81. The van der Waals surface area contributed by atoms with E-state index in [2.05, 4.69) is 10.2 Å². The zero-order valence-corrected chi connectivity index (χ0v) is 18.1. The molecule has 3 aromatic carbocycles. The molecule has 2 amide bonds. The van der Waals surface area contributed by atoms with Crippen molar-refractivity contribution in [1.29, 1.82) is 0 Å². The van der Waals surface area contributed by atoms with Crippen LogP contribution in [0.4, 0.5) is 16.2 Å². The quantitative estimate of drug-likeness (QED) is 0.668. The Balaban J connectivity index is 1.44. The second-order valence-corrected chi connectivity index (χ2v) is 7.31. The third-order valence-corrected chi connectivity index (χ3v) is 5.61. The smallest absolute Gasteiger partial charge is 0.321 e. The van der Waals surface area contributed by atoms with E-state index >= 15 is 0 Å². The summed E-state index contributed by atoms with van der Waals surface area (Å²) in [6, 6.07) is 17.8. The molecule has 4 rings (SSSR count). The van der Waals surface area contributed by atoms with Gasteiger partial charge in [0.25, 0.3) is 0 Å². The second kappa shape index (κ2) is 9.04. The van der Waals surface area contributed by atoms with Crippen molar-refractivity contribution in [2.24, 2.45) is 0 Å². The van der Waals surface area contributed by atoms with E-state index in [1.165, 1.54) is 0 Å². The summed E-state index contributed by atoms with van der Waals surface area (Å²) in [5.41, 5.74) is 1.80. The van der Waals surface area contributed by atoms with Crippen LogP contribution in [0.2, 0.25) is 0 Å². The molecule has 0 aliphatic carbocycles. The standard InChI is InChI=1S/C24H27N3O4/c1-29-21-15-18(16-22(30-2)23(21)31-3)26-11-13-27(14-12-26)24(28)25-20-10-6-8-17-7-4-5-9-19(17)20/h4-10,15-16H,11-14H2,1-3H3,(H,25,28). The molecule has 1 fully saturated rings. The zero-order valence-electron chi connectivity index (χ0n) is 18.1. The van der Waals surface area contributed by atoms with Gasteiger partial charge in [-0.2, -0.15) is 0 Å². The first-order valence-electron chi connectivity index (χ1n) is 10.2. The fourth-order valence-corrected chi connectivity index (χ4v) is 3.95. The Labute approximate surface area is 182 Å². The van der Waals surface area contributed by atoms with Gasteiger partial charge in [-0.05, 0) is 11.5 Å². The second-order valence-electron chi connectivity index (χ2n) is 7.31. The molecular formula is C24H27N3O4. The molecule has 0 bridgehead atoms. The van der Waals surface area contributed by atoms with E-state index in [1.807, 2.05) is 59.5 Å². The number of carbonyl (C=O) groups excluding carboxylic acids is 1.